The number of aromatic nitrogens is 3. The summed E-state index contributed by atoms with van der Waals surface area (Å²) in [5.74, 6) is -0.176. The van der Waals surface area contributed by atoms with Gasteiger partial charge in [0.2, 0.25) is 0 Å². The van der Waals surface area contributed by atoms with E-state index < -0.39 is 0 Å². The van der Waals surface area contributed by atoms with E-state index in [4.69, 9.17) is 0 Å². The number of benzene rings is 1. The summed E-state index contributed by atoms with van der Waals surface area (Å²) >= 11 is 1.17. The van der Waals surface area contributed by atoms with Gasteiger partial charge < -0.3 is 10.3 Å². The van der Waals surface area contributed by atoms with Crippen molar-refractivity contribution >= 4 is 28.3 Å². The zero-order valence-corrected chi connectivity index (χ0v) is 10.9. The van der Waals surface area contributed by atoms with Crippen molar-refractivity contribution in [2.24, 2.45) is 0 Å². The van der Waals surface area contributed by atoms with Gasteiger partial charge in [0, 0.05) is 29.6 Å². The molecule has 0 saturated heterocycles. The van der Waals surface area contributed by atoms with E-state index in [0.29, 0.717) is 12.2 Å². The predicted molar refractivity (Wildman–Crippen MR) is 74.2 cm³/mol. The van der Waals surface area contributed by atoms with Gasteiger partial charge in [-0.3, -0.25) is 4.79 Å². The van der Waals surface area contributed by atoms with Crippen molar-refractivity contribution in [3.8, 4) is 0 Å². The van der Waals surface area contributed by atoms with Gasteiger partial charge in [0.25, 0.3) is 5.91 Å². The number of amides is 1. The minimum Gasteiger partial charge on any atom is -0.358 e. The van der Waals surface area contributed by atoms with Gasteiger partial charge in [-0.25, -0.2) is 0 Å². The second kappa shape index (κ2) is 5.19. The number of carbonyl (C=O) groups is 1. The second-order valence-electron chi connectivity index (χ2n) is 4.18. The smallest absolute Gasteiger partial charge is 0.272 e. The number of para-hydroxylation sites is 1. The van der Waals surface area contributed by atoms with Crippen molar-refractivity contribution in [2.75, 3.05) is 6.54 Å². The van der Waals surface area contributed by atoms with Crippen LogP contribution in [0.3, 0.4) is 0 Å². The van der Waals surface area contributed by atoms with Crippen molar-refractivity contribution in [1.82, 2.24) is 19.9 Å². The van der Waals surface area contributed by atoms with Crippen LogP contribution >= 0.6 is 11.5 Å². The van der Waals surface area contributed by atoms with Crippen molar-refractivity contribution < 1.29 is 4.79 Å². The van der Waals surface area contributed by atoms with Gasteiger partial charge >= 0.3 is 0 Å². The van der Waals surface area contributed by atoms with Gasteiger partial charge in [-0.2, -0.15) is 0 Å². The van der Waals surface area contributed by atoms with E-state index in [9.17, 15) is 4.79 Å². The third kappa shape index (κ3) is 2.63. The molecule has 0 radical (unpaired) electrons. The van der Waals surface area contributed by atoms with E-state index in [1.807, 2.05) is 18.2 Å². The van der Waals surface area contributed by atoms with Crippen LogP contribution in [0.2, 0.25) is 0 Å². The van der Waals surface area contributed by atoms with Gasteiger partial charge in [-0.1, -0.05) is 22.7 Å². The number of nitrogens with one attached hydrogen (secondary N) is 2. The summed E-state index contributed by atoms with van der Waals surface area (Å²) in [6.45, 7) is 0.573. The molecular formula is C13H12N4OS. The number of fused-ring (bicyclic) bond motifs is 1. The van der Waals surface area contributed by atoms with Crippen LogP contribution < -0.4 is 5.32 Å². The maximum Gasteiger partial charge on any atom is 0.272 e. The summed E-state index contributed by atoms with van der Waals surface area (Å²) in [6.07, 6.45) is 0.762. The minimum atomic E-state index is -0.176. The van der Waals surface area contributed by atoms with Crippen molar-refractivity contribution in [3.05, 3.63) is 47.1 Å². The van der Waals surface area contributed by atoms with Crippen LogP contribution in [-0.2, 0) is 6.42 Å². The third-order valence-corrected chi connectivity index (χ3v) is 3.36. The highest BCUT2D eigenvalue weighted by Gasteiger charge is 2.07. The number of carbonyl (C=O) groups excluding carboxylic acids is 1. The molecule has 96 valence electrons. The molecular weight excluding hydrogens is 260 g/mol. The molecule has 0 bridgehead atoms. The Morgan fingerprint density at radius 1 is 1.37 bits per heavy atom. The van der Waals surface area contributed by atoms with Crippen LogP contribution in [0.5, 0.6) is 0 Å². The van der Waals surface area contributed by atoms with Crippen LogP contribution in [0, 0.1) is 0 Å². The maximum absolute atomic E-state index is 11.7. The van der Waals surface area contributed by atoms with E-state index >= 15 is 0 Å². The number of aromatic amines is 1. The Morgan fingerprint density at radius 3 is 3.05 bits per heavy atom. The Bertz CT molecular complexity index is 657. The first kappa shape index (κ1) is 11.9. The third-order valence-electron chi connectivity index (χ3n) is 2.86. The first-order valence-electron chi connectivity index (χ1n) is 5.95. The Labute approximate surface area is 113 Å². The lowest BCUT2D eigenvalue weighted by molar-refractivity contribution is 0.0949. The van der Waals surface area contributed by atoms with Crippen LogP contribution in [-0.4, -0.2) is 27.0 Å². The first-order valence-corrected chi connectivity index (χ1v) is 6.78. The molecule has 1 aromatic carbocycles. The molecule has 19 heavy (non-hydrogen) atoms. The summed E-state index contributed by atoms with van der Waals surface area (Å²) < 4.78 is 3.66. The SMILES string of the molecule is O=C(NCCc1cc2ccccc2[nH]1)c1csnn1. The molecule has 0 spiro atoms. The van der Waals surface area contributed by atoms with Gasteiger partial charge in [-0.05, 0) is 29.1 Å². The van der Waals surface area contributed by atoms with Crippen molar-refractivity contribution in [2.45, 2.75) is 6.42 Å². The van der Waals surface area contributed by atoms with Gasteiger partial charge in [0.15, 0.2) is 5.69 Å². The standard InChI is InChI=1S/C13H12N4OS/c18-13(12-8-19-17-16-12)14-6-5-10-7-9-3-1-2-4-11(9)15-10/h1-4,7-8,15H,5-6H2,(H,14,18). The van der Waals surface area contributed by atoms with E-state index in [-0.39, 0.29) is 5.91 Å². The molecule has 3 rings (SSSR count). The van der Waals surface area contributed by atoms with Gasteiger partial charge in [-0.15, -0.1) is 5.10 Å². The largest absolute Gasteiger partial charge is 0.358 e. The van der Waals surface area contributed by atoms with Crippen LogP contribution in [0.15, 0.2) is 35.7 Å². The lowest BCUT2D eigenvalue weighted by atomic mass is 10.2. The second-order valence-corrected chi connectivity index (χ2v) is 4.79. The lowest BCUT2D eigenvalue weighted by Gasteiger charge is -2.01. The number of hydrogen-bond donors (Lipinski definition) is 2. The predicted octanol–water partition coefficient (Wildman–Crippen LogP) is 1.99. The average molecular weight is 272 g/mol. The number of rotatable bonds is 4. The molecule has 1 amide bonds. The molecule has 0 fully saturated rings. The first-order chi connectivity index (χ1) is 9.33. The fourth-order valence-corrected chi connectivity index (χ4v) is 2.37. The van der Waals surface area contributed by atoms with Gasteiger partial charge in [0.05, 0.1) is 0 Å². The molecule has 5 nitrogen and oxygen atoms in total. The van der Waals surface area contributed by atoms with E-state index in [0.717, 1.165) is 17.6 Å². The molecule has 6 heteroatoms. The zero-order valence-electron chi connectivity index (χ0n) is 10.1. The molecule has 0 unspecified atom stereocenters. The molecule has 2 heterocycles. The molecule has 0 aliphatic heterocycles. The minimum absolute atomic E-state index is 0.176. The maximum atomic E-state index is 11.7. The number of hydrogen-bond acceptors (Lipinski definition) is 4. The fraction of sp³-hybridized carbons (Fsp3) is 0.154. The average Bonchev–Trinajstić information content (AvgIpc) is 3.07. The van der Waals surface area contributed by atoms with Crippen LogP contribution in [0.1, 0.15) is 16.2 Å². The highest BCUT2D eigenvalue weighted by atomic mass is 32.1. The summed E-state index contributed by atoms with van der Waals surface area (Å²) in [6, 6.07) is 10.2. The van der Waals surface area contributed by atoms with E-state index in [1.165, 1.54) is 16.9 Å². The molecule has 0 atom stereocenters. The van der Waals surface area contributed by atoms with Crippen LogP contribution in [0.4, 0.5) is 0 Å². The highest BCUT2D eigenvalue weighted by Crippen LogP contribution is 2.14. The lowest BCUT2D eigenvalue weighted by Crippen LogP contribution is -2.26. The molecule has 2 N–H and O–H groups in total. The van der Waals surface area contributed by atoms with Crippen molar-refractivity contribution in [3.63, 3.8) is 0 Å². The summed E-state index contributed by atoms with van der Waals surface area (Å²) in [5, 5.41) is 9.37. The Morgan fingerprint density at radius 2 is 2.26 bits per heavy atom. The van der Waals surface area contributed by atoms with Crippen molar-refractivity contribution in [1.29, 1.82) is 0 Å². The highest BCUT2D eigenvalue weighted by molar-refractivity contribution is 7.03. The monoisotopic (exact) mass is 272 g/mol. The Hall–Kier alpha value is -2.21. The van der Waals surface area contributed by atoms with E-state index in [1.54, 1.807) is 5.38 Å². The molecule has 3 aromatic rings. The van der Waals surface area contributed by atoms with Crippen LogP contribution in [0.25, 0.3) is 10.9 Å². The fourth-order valence-electron chi connectivity index (χ4n) is 1.93. The normalized spacial score (nSPS) is 10.7. The molecule has 0 aliphatic rings. The van der Waals surface area contributed by atoms with E-state index in [2.05, 4.69) is 32.0 Å². The quantitative estimate of drug-likeness (QED) is 0.763. The number of nitrogens with zero attached hydrogens (tertiary/aromatic N) is 2. The Kier molecular flexibility index (Phi) is 3.24. The van der Waals surface area contributed by atoms with Gasteiger partial charge in [0.1, 0.15) is 0 Å². The number of H-pyrrole nitrogens is 1. The molecule has 0 aliphatic carbocycles. The summed E-state index contributed by atoms with van der Waals surface area (Å²) in [5.41, 5.74) is 2.60. The molecule has 0 saturated carbocycles. The summed E-state index contributed by atoms with van der Waals surface area (Å²) in [7, 11) is 0. The zero-order chi connectivity index (χ0) is 13.1. The Balaban J connectivity index is 1.59. The topological polar surface area (TPSA) is 70.7 Å². The molecule has 2 aromatic heterocycles. The summed E-state index contributed by atoms with van der Waals surface area (Å²) in [4.78, 5) is 15.0.